The van der Waals surface area contributed by atoms with Gasteiger partial charge in [-0.3, -0.25) is 0 Å². The molecule has 0 unspecified atom stereocenters. The van der Waals surface area contributed by atoms with E-state index in [1.54, 1.807) is 25.1 Å². The molecule has 0 N–H and O–H groups in total. The SMILES string of the molecule is COC(OC)c1nncn1C. The third-order valence-electron chi connectivity index (χ3n) is 1.39. The van der Waals surface area contributed by atoms with E-state index >= 15 is 0 Å². The van der Waals surface area contributed by atoms with Gasteiger partial charge >= 0.3 is 0 Å². The Hall–Kier alpha value is -0.940. The van der Waals surface area contributed by atoms with Crippen molar-refractivity contribution in [2.24, 2.45) is 7.05 Å². The lowest BCUT2D eigenvalue weighted by Crippen LogP contribution is -2.09. The largest absolute Gasteiger partial charge is 0.349 e. The Balaban J connectivity index is 2.81. The van der Waals surface area contributed by atoms with Crippen molar-refractivity contribution in [1.29, 1.82) is 0 Å². The van der Waals surface area contributed by atoms with Gasteiger partial charge in [-0.1, -0.05) is 0 Å². The van der Waals surface area contributed by atoms with Crippen LogP contribution in [0.25, 0.3) is 0 Å². The van der Waals surface area contributed by atoms with Crippen molar-refractivity contribution >= 4 is 0 Å². The predicted molar refractivity (Wildman–Crippen MR) is 37.8 cm³/mol. The van der Waals surface area contributed by atoms with Crippen molar-refractivity contribution in [1.82, 2.24) is 14.8 Å². The molecule has 1 heterocycles. The van der Waals surface area contributed by atoms with Crippen LogP contribution < -0.4 is 0 Å². The number of methoxy groups -OCH3 is 2. The van der Waals surface area contributed by atoms with Gasteiger partial charge in [0.2, 0.25) is 6.29 Å². The average Bonchev–Trinajstić information content (AvgIpc) is 2.40. The molecule has 1 aromatic heterocycles. The number of aryl methyl sites for hydroxylation is 1. The zero-order valence-electron chi connectivity index (χ0n) is 6.81. The molecule has 0 saturated heterocycles. The molecule has 1 rings (SSSR count). The van der Waals surface area contributed by atoms with Gasteiger partial charge in [0.1, 0.15) is 6.33 Å². The molecular weight excluding hydrogens is 146 g/mol. The monoisotopic (exact) mass is 157 g/mol. The molecule has 11 heavy (non-hydrogen) atoms. The van der Waals surface area contributed by atoms with Gasteiger partial charge in [0.25, 0.3) is 0 Å². The van der Waals surface area contributed by atoms with E-state index in [0.717, 1.165) is 0 Å². The van der Waals surface area contributed by atoms with E-state index in [9.17, 15) is 0 Å². The van der Waals surface area contributed by atoms with Crippen molar-refractivity contribution < 1.29 is 9.47 Å². The maximum Gasteiger partial charge on any atom is 0.218 e. The molecule has 62 valence electrons. The first kappa shape index (κ1) is 8.16. The first-order valence-electron chi connectivity index (χ1n) is 3.19. The van der Waals surface area contributed by atoms with Gasteiger partial charge in [-0.05, 0) is 0 Å². The summed E-state index contributed by atoms with van der Waals surface area (Å²) in [5.41, 5.74) is 0. The summed E-state index contributed by atoms with van der Waals surface area (Å²) < 4.78 is 11.7. The van der Waals surface area contributed by atoms with Crippen molar-refractivity contribution in [2.45, 2.75) is 6.29 Å². The summed E-state index contributed by atoms with van der Waals surface area (Å²) in [4.78, 5) is 0. The zero-order valence-corrected chi connectivity index (χ0v) is 6.81. The topological polar surface area (TPSA) is 49.2 Å². The minimum absolute atomic E-state index is 0.428. The normalized spacial score (nSPS) is 10.9. The fourth-order valence-corrected chi connectivity index (χ4v) is 0.813. The molecular formula is C6H11N3O2. The number of aromatic nitrogens is 3. The third-order valence-corrected chi connectivity index (χ3v) is 1.39. The molecule has 5 heteroatoms. The smallest absolute Gasteiger partial charge is 0.218 e. The van der Waals surface area contributed by atoms with E-state index in [1.165, 1.54) is 0 Å². The molecule has 0 aliphatic heterocycles. The second-order valence-corrected chi connectivity index (χ2v) is 2.10. The van der Waals surface area contributed by atoms with Crippen molar-refractivity contribution in [2.75, 3.05) is 14.2 Å². The maximum absolute atomic E-state index is 4.98. The Morgan fingerprint density at radius 3 is 2.45 bits per heavy atom. The van der Waals surface area contributed by atoms with Crippen LogP contribution in [0.5, 0.6) is 0 Å². The molecule has 0 saturated carbocycles. The van der Waals surface area contributed by atoms with E-state index < -0.39 is 6.29 Å². The van der Waals surface area contributed by atoms with Crippen molar-refractivity contribution in [3.8, 4) is 0 Å². The molecule has 0 amide bonds. The second kappa shape index (κ2) is 3.45. The van der Waals surface area contributed by atoms with Crippen LogP contribution in [0.3, 0.4) is 0 Å². The number of nitrogens with zero attached hydrogens (tertiary/aromatic N) is 3. The van der Waals surface area contributed by atoms with Crippen LogP contribution in [0.1, 0.15) is 12.1 Å². The number of rotatable bonds is 3. The fourth-order valence-electron chi connectivity index (χ4n) is 0.813. The highest BCUT2D eigenvalue weighted by molar-refractivity contribution is 4.85. The van der Waals surface area contributed by atoms with E-state index in [2.05, 4.69) is 10.2 Å². The summed E-state index contributed by atoms with van der Waals surface area (Å²) in [6.45, 7) is 0. The van der Waals surface area contributed by atoms with E-state index in [-0.39, 0.29) is 0 Å². The van der Waals surface area contributed by atoms with Gasteiger partial charge < -0.3 is 14.0 Å². The summed E-state index contributed by atoms with van der Waals surface area (Å²) >= 11 is 0. The molecule has 0 atom stereocenters. The molecule has 0 aliphatic rings. The number of ether oxygens (including phenoxy) is 2. The first-order chi connectivity index (χ1) is 5.29. The van der Waals surface area contributed by atoms with Gasteiger partial charge in [0, 0.05) is 21.3 Å². The molecule has 0 spiro atoms. The fraction of sp³-hybridized carbons (Fsp3) is 0.667. The van der Waals surface area contributed by atoms with Crippen LogP contribution in [-0.2, 0) is 16.5 Å². The molecule has 1 aromatic rings. The summed E-state index contributed by atoms with van der Waals surface area (Å²) in [7, 11) is 4.95. The highest BCUT2D eigenvalue weighted by atomic mass is 16.7. The van der Waals surface area contributed by atoms with Crippen LogP contribution >= 0.6 is 0 Å². The maximum atomic E-state index is 4.98. The van der Waals surface area contributed by atoms with Crippen LogP contribution in [0.2, 0.25) is 0 Å². The standard InChI is InChI=1S/C6H11N3O2/c1-9-4-7-8-5(9)6(10-2)11-3/h4,6H,1-3H3. The highest BCUT2D eigenvalue weighted by Crippen LogP contribution is 2.12. The molecule has 5 nitrogen and oxygen atoms in total. The molecule has 0 radical (unpaired) electrons. The third kappa shape index (κ3) is 1.55. The Kier molecular flexibility index (Phi) is 2.56. The summed E-state index contributed by atoms with van der Waals surface area (Å²) in [5.74, 6) is 0.662. The summed E-state index contributed by atoms with van der Waals surface area (Å²) in [6, 6.07) is 0. The summed E-state index contributed by atoms with van der Waals surface area (Å²) in [5, 5.41) is 7.51. The number of hydrogen-bond donors (Lipinski definition) is 0. The minimum Gasteiger partial charge on any atom is -0.349 e. The van der Waals surface area contributed by atoms with Crippen LogP contribution in [0, 0.1) is 0 Å². The Morgan fingerprint density at radius 2 is 2.09 bits per heavy atom. The summed E-state index contributed by atoms with van der Waals surface area (Å²) in [6.07, 6.45) is 1.17. The first-order valence-corrected chi connectivity index (χ1v) is 3.19. The minimum atomic E-state index is -0.428. The molecule has 0 aliphatic carbocycles. The Morgan fingerprint density at radius 1 is 1.45 bits per heavy atom. The van der Waals surface area contributed by atoms with Gasteiger partial charge in [0.15, 0.2) is 5.82 Å². The second-order valence-electron chi connectivity index (χ2n) is 2.10. The lowest BCUT2D eigenvalue weighted by atomic mass is 10.6. The van der Waals surface area contributed by atoms with Gasteiger partial charge in [-0.2, -0.15) is 0 Å². The lowest BCUT2D eigenvalue weighted by Gasteiger charge is -2.10. The molecule has 0 bridgehead atoms. The van der Waals surface area contributed by atoms with Gasteiger partial charge in [-0.25, -0.2) is 0 Å². The van der Waals surface area contributed by atoms with Gasteiger partial charge in [0.05, 0.1) is 0 Å². The zero-order chi connectivity index (χ0) is 8.27. The van der Waals surface area contributed by atoms with Crippen LogP contribution in [0.15, 0.2) is 6.33 Å². The van der Waals surface area contributed by atoms with Crippen LogP contribution in [0.4, 0.5) is 0 Å². The van der Waals surface area contributed by atoms with E-state index in [0.29, 0.717) is 5.82 Å². The van der Waals surface area contributed by atoms with Crippen LogP contribution in [-0.4, -0.2) is 29.0 Å². The Labute approximate surface area is 64.9 Å². The lowest BCUT2D eigenvalue weighted by molar-refractivity contribution is -0.113. The van der Waals surface area contributed by atoms with E-state index in [1.807, 2.05) is 7.05 Å². The quantitative estimate of drug-likeness (QED) is 0.584. The molecule has 0 aromatic carbocycles. The Bertz CT molecular complexity index is 219. The number of hydrogen-bond acceptors (Lipinski definition) is 4. The highest BCUT2D eigenvalue weighted by Gasteiger charge is 2.13. The van der Waals surface area contributed by atoms with Crippen molar-refractivity contribution in [3.63, 3.8) is 0 Å². The predicted octanol–water partition coefficient (Wildman–Crippen LogP) is 0.106. The molecule has 0 fully saturated rings. The van der Waals surface area contributed by atoms with Gasteiger partial charge in [-0.15, -0.1) is 10.2 Å². The van der Waals surface area contributed by atoms with Crippen molar-refractivity contribution in [3.05, 3.63) is 12.2 Å². The van der Waals surface area contributed by atoms with E-state index in [4.69, 9.17) is 9.47 Å². The average molecular weight is 157 g/mol.